The van der Waals surface area contributed by atoms with Crippen molar-refractivity contribution in [1.82, 2.24) is 9.80 Å². The first kappa shape index (κ1) is 32.2. The molecule has 2 aliphatic rings. The summed E-state index contributed by atoms with van der Waals surface area (Å²) in [6.45, 7) is 10.2. The number of piperazine rings is 1. The number of hydrogen-bond acceptors (Lipinski definition) is 9. The van der Waals surface area contributed by atoms with Gasteiger partial charge in [-0.15, -0.1) is 0 Å². The zero-order valence-corrected chi connectivity index (χ0v) is 24.3. The van der Waals surface area contributed by atoms with E-state index in [1.54, 1.807) is 20.8 Å². The second-order valence-electron chi connectivity index (χ2n) is 11.9. The first-order chi connectivity index (χ1) is 17.9. The average molecular weight is 539 g/mol. The van der Waals surface area contributed by atoms with E-state index in [-0.39, 0.29) is 37.1 Å². The fraction of sp³-hybridized carbons (Fsp3) is 0.862. The molecule has 0 amide bonds. The first-order valence-corrected chi connectivity index (χ1v) is 14.5. The van der Waals surface area contributed by atoms with E-state index in [1.807, 2.05) is 18.9 Å². The summed E-state index contributed by atoms with van der Waals surface area (Å²) < 4.78 is 16.7. The molecule has 38 heavy (non-hydrogen) atoms. The first-order valence-electron chi connectivity index (χ1n) is 14.5. The second kappa shape index (κ2) is 16.2. The summed E-state index contributed by atoms with van der Waals surface area (Å²) in [5.41, 5.74) is -0.635. The van der Waals surface area contributed by atoms with Crippen LogP contribution < -0.4 is 0 Å². The highest BCUT2D eigenvalue weighted by molar-refractivity contribution is 5.90. The number of esters is 3. The molecule has 0 aromatic carbocycles. The molecular weight excluding hydrogens is 488 g/mol. The van der Waals surface area contributed by atoms with Gasteiger partial charge >= 0.3 is 17.9 Å². The summed E-state index contributed by atoms with van der Waals surface area (Å²) in [6.07, 6.45) is 6.94. The Bertz CT molecular complexity index is 771. The van der Waals surface area contributed by atoms with Gasteiger partial charge in [0.05, 0.1) is 18.9 Å². The topological polar surface area (TPSA) is 102 Å². The van der Waals surface area contributed by atoms with Crippen molar-refractivity contribution in [3.8, 4) is 0 Å². The Hall–Kier alpha value is -2.00. The zero-order valence-electron chi connectivity index (χ0n) is 24.3. The summed E-state index contributed by atoms with van der Waals surface area (Å²) in [5, 5.41) is 0. The second-order valence-corrected chi connectivity index (χ2v) is 11.9. The SMILES string of the molecule is C[C@@H]1CCCCCCCCC[C@H](OC(=O)CCC(=O)OC(C)(C)C)C(=O)CC(N2CCN(C)CC2)C(=O)O1. The summed E-state index contributed by atoms with van der Waals surface area (Å²) >= 11 is 0. The number of carbonyl (C=O) groups is 4. The molecule has 2 heterocycles. The number of cyclic esters (lactones) is 1. The van der Waals surface area contributed by atoms with E-state index in [2.05, 4.69) is 4.90 Å². The van der Waals surface area contributed by atoms with Crippen molar-refractivity contribution in [3.63, 3.8) is 0 Å². The number of rotatable bonds is 5. The Morgan fingerprint density at radius 3 is 2.03 bits per heavy atom. The predicted octanol–water partition coefficient (Wildman–Crippen LogP) is 4.05. The molecule has 9 nitrogen and oxygen atoms in total. The molecule has 0 bridgehead atoms. The fourth-order valence-electron chi connectivity index (χ4n) is 4.90. The van der Waals surface area contributed by atoms with E-state index in [9.17, 15) is 19.2 Å². The maximum absolute atomic E-state index is 13.5. The van der Waals surface area contributed by atoms with Gasteiger partial charge in [-0.2, -0.15) is 0 Å². The molecule has 9 heteroatoms. The highest BCUT2D eigenvalue weighted by Crippen LogP contribution is 2.20. The largest absolute Gasteiger partial charge is 0.461 e. The number of carbonyl (C=O) groups excluding carboxylic acids is 4. The third-order valence-corrected chi connectivity index (χ3v) is 7.13. The van der Waals surface area contributed by atoms with Crippen molar-refractivity contribution in [1.29, 1.82) is 0 Å². The van der Waals surface area contributed by atoms with E-state index in [4.69, 9.17) is 14.2 Å². The zero-order chi connectivity index (χ0) is 28.1. The number of Topliss-reactive ketones (excluding diaryl/α,β-unsaturated/α-hetero) is 1. The fourth-order valence-corrected chi connectivity index (χ4v) is 4.90. The smallest absolute Gasteiger partial charge is 0.324 e. The number of nitrogens with zero attached hydrogens (tertiary/aromatic N) is 2. The van der Waals surface area contributed by atoms with E-state index < -0.39 is 29.7 Å². The molecule has 1 unspecified atom stereocenters. The maximum Gasteiger partial charge on any atom is 0.324 e. The van der Waals surface area contributed by atoms with Gasteiger partial charge < -0.3 is 19.1 Å². The highest BCUT2D eigenvalue weighted by Gasteiger charge is 2.35. The molecule has 2 saturated heterocycles. The number of likely N-dealkylation sites (N-methyl/N-ethyl adjacent to an activating group) is 1. The van der Waals surface area contributed by atoms with Gasteiger partial charge in [0.15, 0.2) is 11.9 Å². The summed E-state index contributed by atoms with van der Waals surface area (Å²) in [5.74, 6) is -1.73. The predicted molar refractivity (Wildman–Crippen MR) is 145 cm³/mol. The van der Waals surface area contributed by atoms with Crippen LogP contribution in [0.4, 0.5) is 0 Å². The summed E-state index contributed by atoms with van der Waals surface area (Å²) in [7, 11) is 2.04. The van der Waals surface area contributed by atoms with E-state index in [1.165, 1.54) is 0 Å². The standard InChI is InChI=1S/C29H50N2O7/c1-22-13-11-9-7-6-8-10-12-14-25(37-26(33)15-16-27(34)38-29(2,3)4)24(32)21-23(28(35)36-22)31-19-17-30(5)18-20-31/h22-23,25H,6-21H2,1-5H3/t22-,23?,25+/m1/s1. The quantitative estimate of drug-likeness (QED) is 0.379. The van der Waals surface area contributed by atoms with Crippen LogP contribution in [0.5, 0.6) is 0 Å². The molecule has 0 aliphatic carbocycles. The Morgan fingerprint density at radius 1 is 0.868 bits per heavy atom. The van der Waals surface area contributed by atoms with Gasteiger partial charge in [0, 0.05) is 32.6 Å². The molecule has 2 rings (SSSR count). The van der Waals surface area contributed by atoms with Crippen LogP contribution in [0.25, 0.3) is 0 Å². The van der Waals surface area contributed by atoms with Crippen LogP contribution in [-0.4, -0.2) is 90.6 Å². The van der Waals surface area contributed by atoms with Crippen molar-refractivity contribution in [2.24, 2.45) is 0 Å². The lowest BCUT2D eigenvalue weighted by molar-refractivity contribution is -0.163. The summed E-state index contributed by atoms with van der Waals surface area (Å²) in [4.78, 5) is 55.6. The Labute approximate surface area is 228 Å². The third kappa shape index (κ3) is 12.7. The van der Waals surface area contributed by atoms with Crippen molar-refractivity contribution in [2.45, 2.75) is 129 Å². The molecular formula is C29H50N2O7. The van der Waals surface area contributed by atoms with Crippen LogP contribution >= 0.6 is 0 Å². The average Bonchev–Trinajstić information content (AvgIpc) is 2.83. The van der Waals surface area contributed by atoms with Crippen molar-refractivity contribution in [3.05, 3.63) is 0 Å². The maximum atomic E-state index is 13.5. The Balaban J connectivity index is 2.11. The molecule has 218 valence electrons. The normalized spacial score (nSPS) is 26.4. The molecule has 0 spiro atoms. The lowest BCUT2D eigenvalue weighted by Gasteiger charge is -2.37. The molecule has 2 fully saturated rings. The molecule has 0 saturated carbocycles. The van der Waals surface area contributed by atoms with Crippen LogP contribution in [0, 0.1) is 0 Å². The molecule has 0 aromatic rings. The van der Waals surface area contributed by atoms with E-state index >= 15 is 0 Å². The van der Waals surface area contributed by atoms with Crippen LogP contribution in [0.2, 0.25) is 0 Å². The summed E-state index contributed by atoms with van der Waals surface area (Å²) in [6, 6.07) is -0.700. The minimum atomic E-state index is -0.936. The van der Waals surface area contributed by atoms with E-state index in [0.717, 1.165) is 64.5 Å². The van der Waals surface area contributed by atoms with Gasteiger partial charge in [0.2, 0.25) is 0 Å². The minimum Gasteiger partial charge on any atom is -0.461 e. The number of hydrogen-bond donors (Lipinski definition) is 0. The lowest BCUT2D eigenvalue weighted by atomic mass is 9.98. The van der Waals surface area contributed by atoms with Gasteiger partial charge in [-0.05, 0) is 60.4 Å². The van der Waals surface area contributed by atoms with Crippen molar-refractivity contribution < 1.29 is 33.4 Å². The Morgan fingerprint density at radius 2 is 1.42 bits per heavy atom. The molecule has 3 atom stereocenters. The number of ether oxygens (including phenoxy) is 3. The van der Waals surface area contributed by atoms with E-state index in [0.29, 0.717) is 19.5 Å². The molecule has 0 N–H and O–H groups in total. The van der Waals surface area contributed by atoms with Gasteiger partial charge in [-0.25, -0.2) is 0 Å². The Kier molecular flexibility index (Phi) is 13.7. The van der Waals surface area contributed by atoms with Gasteiger partial charge in [-0.1, -0.05) is 32.1 Å². The third-order valence-electron chi connectivity index (χ3n) is 7.13. The van der Waals surface area contributed by atoms with Gasteiger partial charge in [0.25, 0.3) is 0 Å². The lowest BCUT2D eigenvalue weighted by Crippen LogP contribution is -2.53. The van der Waals surface area contributed by atoms with Crippen LogP contribution in [0.3, 0.4) is 0 Å². The van der Waals surface area contributed by atoms with Crippen molar-refractivity contribution >= 4 is 23.7 Å². The van der Waals surface area contributed by atoms with Crippen molar-refractivity contribution in [2.75, 3.05) is 33.2 Å². The minimum absolute atomic E-state index is 0.0563. The molecule has 0 aromatic heterocycles. The molecule has 2 aliphatic heterocycles. The monoisotopic (exact) mass is 538 g/mol. The van der Waals surface area contributed by atoms with Crippen LogP contribution in [0.1, 0.15) is 105 Å². The van der Waals surface area contributed by atoms with Gasteiger partial charge in [-0.3, -0.25) is 24.1 Å². The molecule has 0 radical (unpaired) electrons. The van der Waals surface area contributed by atoms with Crippen LogP contribution in [0.15, 0.2) is 0 Å². The van der Waals surface area contributed by atoms with Gasteiger partial charge in [0.1, 0.15) is 11.6 Å². The highest BCUT2D eigenvalue weighted by atomic mass is 16.6. The van der Waals surface area contributed by atoms with Crippen LogP contribution in [-0.2, 0) is 33.4 Å². The number of ketones is 1.